The molecule has 1 amide bonds. The van der Waals surface area contributed by atoms with E-state index in [1.165, 1.54) is 29.1 Å². The van der Waals surface area contributed by atoms with Gasteiger partial charge in [0.15, 0.2) is 5.75 Å². The molecule has 3 aromatic heterocycles. The lowest BCUT2D eigenvalue weighted by atomic mass is 10.1. The second-order valence-corrected chi connectivity index (χ2v) is 7.60. The summed E-state index contributed by atoms with van der Waals surface area (Å²) in [7, 11) is 0. The smallest absolute Gasteiger partial charge is 0.280 e. The minimum Gasteiger partial charge on any atom is -0.489 e. The van der Waals surface area contributed by atoms with Crippen LogP contribution >= 0.6 is 0 Å². The number of Topliss-reactive ketones (excluding diaryl/α,β-unsaturated/α-hetero) is 1. The molecule has 172 valence electrons. The molecule has 4 rings (SSSR count). The highest BCUT2D eigenvalue weighted by molar-refractivity contribution is 6.10. The van der Waals surface area contributed by atoms with Crippen LogP contribution in [-0.2, 0) is 6.42 Å². The lowest BCUT2D eigenvalue weighted by Crippen LogP contribution is -2.37. The molecular formula is C26H24N4O4. The molecule has 0 saturated carbocycles. The van der Waals surface area contributed by atoms with Crippen LogP contribution in [0.2, 0.25) is 0 Å². The fourth-order valence-corrected chi connectivity index (χ4v) is 3.34. The van der Waals surface area contributed by atoms with Crippen molar-refractivity contribution >= 4 is 17.5 Å². The van der Waals surface area contributed by atoms with Gasteiger partial charge in [-0.1, -0.05) is 36.4 Å². The molecule has 0 aliphatic carbocycles. The van der Waals surface area contributed by atoms with Gasteiger partial charge in [-0.15, -0.1) is 0 Å². The Morgan fingerprint density at radius 3 is 2.53 bits per heavy atom. The second kappa shape index (κ2) is 11.0. The van der Waals surface area contributed by atoms with Crippen molar-refractivity contribution in [1.82, 2.24) is 15.0 Å². The number of aryl methyl sites for hydroxylation is 2. The highest BCUT2D eigenvalue weighted by atomic mass is 16.5. The Morgan fingerprint density at radius 2 is 1.79 bits per heavy atom. The van der Waals surface area contributed by atoms with Crippen molar-refractivity contribution in [1.29, 1.82) is 0 Å². The maximum absolute atomic E-state index is 13.2. The average Bonchev–Trinajstić information content (AvgIpc) is 3.35. The quantitative estimate of drug-likeness (QED) is 0.259. The number of hydrogen-bond donors (Lipinski definition) is 0. The van der Waals surface area contributed by atoms with Gasteiger partial charge in [0, 0.05) is 18.5 Å². The summed E-state index contributed by atoms with van der Waals surface area (Å²) in [5, 5.41) is 0. The van der Waals surface area contributed by atoms with Crippen LogP contribution in [-0.4, -0.2) is 39.8 Å². The molecule has 0 spiro atoms. The Morgan fingerprint density at radius 1 is 0.971 bits per heavy atom. The maximum Gasteiger partial charge on any atom is 0.280 e. The van der Waals surface area contributed by atoms with Crippen LogP contribution in [0.3, 0.4) is 0 Å². The van der Waals surface area contributed by atoms with E-state index in [2.05, 4.69) is 27.1 Å². The van der Waals surface area contributed by atoms with E-state index in [4.69, 9.17) is 9.15 Å². The van der Waals surface area contributed by atoms with Crippen molar-refractivity contribution in [3.63, 3.8) is 0 Å². The van der Waals surface area contributed by atoms with E-state index in [-0.39, 0.29) is 18.0 Å². The number of anilines is 1. The molecule has 4 aromatic rings. The Balaban J connectivity index is 1.45. The number of carbonyl (C=O) groups excluding carboxylic acids is 2. The van der Waals surface area contributed by atoms with Gasteiger partial charge < -0.3 is 9.15 Å². The van der Waals surface area contributed by atoms with Crippen molar-refractivity contribution in [3.05, 3.63) is 102 Å². The van der Waals surface area contributed by atoms with Gasteiger partial charge in [0.05, 0.1) is 31.3 Å². The molecule has 0 saturated heterocycles. The first-order valence-corrected chi connectivity index (χ1v) is 10.9. The second-order valence-electron chi connectivity index (χ2n) is 7.60. The third-order valence-electron chi connectivity index (χ3n) is 5.07. The predicted octanol–water partition coefficient (Wildman–Crippen LogP) is 4.31. The highest BCUT2D eigenvalue weighted by Gasteiger charge is 2.26. The Hall–Kier alpha value is -4.33. The Kier molecular flexibility index (Phi) is 7.39. The zero-order chi connectivity index (χ0) is 23.8. The summed E-state index contributed by atoms with van der Waals surface area (Å²) in [4.78, 5) is 40.0. The number of carbonyl (C=O) groups is 2. The summed E-state index contributed by atoms with van der Waals surface area (Å²) in [6.45, 7) is 1.91. The molecule has 3 heterocycles. The van der Waals surface area contributed by atoms with E-state index in [0.717, 1.165) is 12.8 Å². The number of ketones is 1. The SMILES string of the molecule is Cc1cnc(C(=O)N(CC(=O)c2occc2OCCCc2ccccc2)c2ccccn2)cn1. The van der Waals surface area contributed by atoms with Gasteiger partial charge in [0.25, 0.3) is 5.91 Å². The van der Waals surface area contributed by atoms with Gasteiger partial charge in [-0.3, -0.25) is 19.5 Å². The molecule has 0 fully saturated rings. The molecule has 0 radical (unpaired) electrons. The van der Waals surface area contributed by atoms with Crippen molar-refractivity contribution in [2.45, 2.75) is 19.8 Å². The van der Waals surface area contributed by atoms with Gasteiger partial charge in [-0.2, -0.15) is 0 Å². The number of furan rings is 1. The zero-order valence-corrected chi connectivity index (χ0v) is 18.8. The van der Waals surface area contributed by atoms with E-state index in [0.29, 0.717) is 23.9 Å². The Bertz CT molecular complexity index is 1220. The lowest BCUT2D eigenvalue weighted by Gasteiger charge is -2.20. The van der Waals surface area contributed by atoms with E-state index in [1.807, 2.05) is 18.2 Å². The number of pyridine rings is 1. The largest absolute Gasteiger partial charge is 0.489 e. The van der Waals surface area contributed by atoms with Gasteiger partial charge >= 0.3 is 0 Å². The molecule has 8 nitrogen and oxygen atoms in total. The van der Waals surface area contributed by atoms with Crippen LogP contribution < -0.4 is 9.64 Å². The minimum absolute atomic E-state index is 0.0587. The number of hydrogen-bond acceptors (Lipinski definition) is 7. The van der Waals surface area contributed by atoms with E-state index in [1.54, 1.807) is 37.4 Å². The maximum atomic E-state index is 13.2. The molecule has 0 unspecified atom stereocenters. The zero-order valence-electron chi connectivity index (χ0n) is 18.8. The van der Waals surface area contributed by atoms with Crippen LogP contribution in [0.25, 0.3) is 0 Å². The Labute approximate surface area is 197 Å². The molecule has 0 atom stereocenters. The van der Waals surface area contributed by atoms with Crippen LogP contribution in [0, 0.1) is 6.92 Å². The summed E-state index contributed by atoms with van der Waals surface area (Å²) in [5.41, 5.74) is 2.01. The summed E-state index contributed by atoms with van der Waals surface area (Å²) in [6.07, 6.45) is 7.48. The first kappa shape index (κ1) is 22.8. The summed E-state index contributed by atoms with van der Waals surface area (Å²) < 4.78 is 11.2. The van der Waals surface area contributed by atoms with Gasteiger partial charge in [-0.25, -0.2) is 9.97 Å². The standard InChI is InChI=1S/C26H24N4O4/c1-19-16-29-21(17-28-19)26(32)30(24-11-5-6-13-27-24)18-22(31)25-23(12-15-34-25)33-14-7-10-20-8-3-2-4-9-20/h2-6,8-9,11-13,15-17H,7,10,14,18H2,1H3. The predicted molar refractivity (Wildman–Crippen MR) is 126 cm³/mol. The van der Waals surface area contributed by atoms with E-state index < -0.39 is 11.7 Å². The summed E-state index contributed by atoms with van der Waals surface area (Å²) in [6, 6.07) is 16.8. The van der Waals surface area contributed by atoms with Gasteiger partial charge in [-0.05, 0) is 37.5 Å². The minimum atomic E-state index is -0.489. The number of nitrogens with zero attached hydrogens (tertiary/aromatic N) is 4. The first-order valence-electron chi connectivity index (χ1n) is 10.9. The topological polar surface area (TPSA) is 98.4 Å². The third kappa shape index (κ3) is 5.72. The normalized spacial score (nSPS) is 10.6. The van der Waals surface area contributed by atoms with Crippen LogP contribution in [0.4, 0.5) is 5.82 Å². The number of ether oxygens (including phenoxy) is 1. The first-order chi connectivity index (χ1) is 16.6. The van der Waals surface area contributed by atoms with Crippen molar-refractivity contribution < 1.29 is 18.7 Å². The highest BCUT2D eigenvalue weighted by Crippen LogP contribution is 2.23. The molecule has 8 heteroatoms. The van der Waals surface area contributed by atoms with Crippen LogP contribution in [0.5, 0.6) is 5.75 Å². The van der Waals surface area contributed by atoms with E-state index >= 15 is 0 Å². The van der Waals surface area contributed by atoms with Crippen LogP contribution in [0.15, 0.2) is 83.9 Å². The number of amides is 1. The van der Waals surface area contributed by atoms with Crippen LogP contribution in [0.1, 0.15) is 38.7 Å². The molecule has 34 heavy (non-hydrogen) atoms. The molecule has 0 N–H and O–H groups in total. The molecule has 0 aliphatic heterocycles. The fraction of sp³-hybridized carbons (Fsp3) is 0.192. The molecule has 0 aliphatic rings. The molecule has 1 aromatic carbocycles. The third-order valence-corrected chi connectivity index (χ3v) is 5.07. The van der Waals surface area contributed by atoms with E-state index in [9.17, 15) is 9.59 Å². The van der Waals surface area contributed by atoms with Crippen molar-refractivity contribution in [2.24, 2.45) is 0 Å². The molecular weight excluding hydrogens is 432 g/mol. The summed E-state index contributed by atoms with van der Waals surface area (Å²) >= 11 is 0. The fourth-order valence-electron chi connectivity index (χ4n) is 3.34. The number of aromatic nitrogens is 3. The van der Waals surface area contributed by atoms with Crippen molar-refractivity contribution in [3.8, 4) is 5.75 Å². The summed E-state index contributed by atoms with van der Waals surface area (Å²) in [5.74, 6) is -0.177. The van der Waals surface area contributed by atoms with Gasteiger partial charge in [0.1, 0.15) is 11.5 Å². The lowest BCUT2D eigenvalue weighted by molar-refractivity contribution is 0.0916. The number of benzene rings is 1. The number of rotatable bonds is 10. The monoisotopic (exact) mass is 456 g/mol. The van der Waals surface area contributed by atoms with Crippen molar-refractivity contribution in [2.75, 3.05) is 18.1 Å². The molecule has 0 bridgehead atoms. The van der Waals surface area contributed by atoms with Gasteiger partial charge in [0.2, 0.25) is 11.5 Å². The average molecular weight is 457 g/mol.